The normalized spacial score (nSPS) is 9.92. The maximum absolute atomic E-state index is 11.1. The molecule has 66 valence electrons. The third-order valence-electron chi connectivity index (χ3n) is 1.69. The van der Waals surface area contributed by atoms with Gasteiger partial charge in [0.25, 0.3) is 0 Å². The van der Waals surface area contributed by atoms with Crippen molar-refractivity contribution in [1.29, 1.82) is 0 Å². The molecular weight excluding hydrogens is 158 g/mol. The summed E-state index contributed by atoms with van der Waals surface area (Å²) in [5.41, 5.74) is 3.98. The van der Waals surface area contributed by atoms with Crippen LogP contribution in [0.5, 0.6) is 0 Å². The summed E-state index contributed by atoms with van der Waals surface area (Å²) in [6.45, 7) is 3.70. The van der Waals surface area contributed by atoms with Gasteiger partial charge in [-0.3, -0.25) is 9.63 Å². The van der Waals surface area contributed by atoms with Crippen molar-refractivity contribution < 1.29 is 14.0 Å². The second-order valence-electron chi connectivity index (χ2n) is 2.51. The summed E-state index contributed by atoms with van der Waals surface area (Å²) in [7, 11) is 1.38. The maximum atomic E-state index is 11.1. The lowest BCUT2D eigenvalue weighted by molar-refractivity contribution is 0.0509. The zero-order chi connectivity index (χ0) is 9.14. The quantitative estimate of drug-likeness (QED) is 0.676. The van der Waals surface area contributed by atoms with Gasteiger partial charge >= 0.3 is 5.91 Å². The number of hydrogen-bond donors (Lipinski definition) is 1. The molecule has 1 aromatic rings. The fraction of sp³-hybridized carbons (Fsp3) is 0.375. The standard InChI is InChI=1S/C8H11NO3/c1-5-4-12-7(6(5)2)8(10)9-11-3/h4H,1-3H3,(H,9,10). The number of hydrogen-bond acceptors (Lipinski definition) is 3. The highest BCUT2D eigenvalue weighted by molar-refractivity contribution is 5.92. The molecule has 4 nitrogen and oxygen atoms in total. The highest BCUT2D eigenvalue weighted by Gasteiger charge is 2.14. The molecule has 0 atom stereocenters. The van der Waals surface area contributed by atoms with Crippen molar-refractivity contribution in [1.82, 2.24) is 5.48 Å². The lowest BCUT2D eigenvalue weighted by Crippen LogP contribution is -2.21. The average Bonchev–Trinajstić information content (AvgIpc) is 2.34. The molecular formula is C8H11NO3. The molecule has 0 radical (unpaired) electrons. The van der Waals surface area contributed by atoms with Crippen LogP contribution in [0.2, 0.25) is 0 Å². The van der Waals surface area contributed by atoms with Crippen LogP contribution in [0.15, 0.2) is 10.7 Å². The molecule has 0 fully saturated rings. The van der Waals surface area contributed by atoms with Gasteiger partial charge in [0, 0.05) is 5.56 Å². The van der Waals surface area contributed by atoms with Crippen molar-refractivity contribution >= 4 is 5.91 Å². The van der Waals surface area contributed by atoms with E-state index in [1.807, 2.05) is 13.8 Å². The lowest BCUT2D eigenvalue weighted by Gasteiger charge is -1.98. The van der Waals surface area contributed by atoms with Crippen molar-refractivity contribution in [3.05, 3.63) is 23.2 Å². The van der Waals surface area contributed by atoms with E-state index in [1.165, 1.54) is 7.11 Å². The van der Waals surface area contributed by atoms with Gasteiger partial charge < -0.3 is 4.42 Å². The Morgan fingerprint density at radius 3 is 2.67 bits per heavy atom. The number of carbonyl (C=O) groups is 1. The van der Waals surface area contributed by atoms with Crippen LogP contribution < -0.4 is 5.48 Å². The van der Waals surface area contributed by atoms with Crippen LogP contribution >= 0.6 is 0 Å². The van der Waals surface area contributed by atoms with Crippen molar-refractivity contribution in [2.75, 3.05) is 7.11 Å². The molecule has 0 aliphatic carbocycles. The van der Waals surface area contributed by atoms with Gasteiger partial charge in [-0.05, 0) is 19.4 Å². The third kappa shape index (κ3) is 1.48. The minimum absolute atomic E-state index is 0.300. The number of aryl methyl sites for hydroxylation is 1. The summed E-state index contributed by atoms with van der Waals surface area (Å²) in [6, 6.07) is 0. The van der Waals surface area contributed by atoms with Crippen LogP contribution in [0, 0.1) is 13.8 Å². The van der Waals surface area contributed by atoms with E-state index in [4.69, 9.17) is 4.42 Å². The summed E-state index contributed by atoms with van der Waals surface area (Å²) in [5.74, 6) is -0.0579. The zero-order valence-corrected chi connectivity index (χ0v) is 7.30. The Hall–Kier alpha value is -1.29. The first-order valence-corrected chi connectivity index (χ1v) is 3.54. The first-order valence-electron chi connectivity index (χ1n) is 3.54. The highest BCUT2D eigenvalue weighted by Crippen LogP contribution is 2.14. The summed E-state index contributed by atoms with van der Waals surface area (Å²) in [4.78, 5) is 15.6. The van der Waals surface area contributed by atoms with E-state index >= 15 is 0 Å². The van der Waals surface area contributed by atoms with Gasteiger partial charge in [-0.2, -0.15) is 0 Å². The van der Waals surface area contributed by atoms with Crippen LogP contribution in [0.4, 0.5) is 0 Å². The number of hydroxylamine groups is 1. The van der Waals surface area contributed by atoms with Crippen LogP contribution in [0.1, 0.15) is 21.7 Å². The number of rotatable bonds is 2. The van der Waals surface area contributed by atoms with Crippen LogP contribution in [-0.4, -0.2) is 13.0 Å². The van der Waals surface area contributed by atoms with Crippen LogP contribution in [0.25, 0.3) is 0 Å². The second kappa shape index (κ2) is 3.40. The van der Waals surface area contributed by atoms with E-state index in [9.17, 15) is 4.79 Å². The Bertz CT molecular complexity index is 290. The lowest BCUT2D eigenvalue weighted by atomic mass is 10.2. The smallest absolute Gasteiger partial charge is 0.310 e. The first kappa shape index (κ1) is 8.80. The van der Waals surface area contributed by atoms with Gasteiger partial charge in [-0.25, -0.2) is 5.48 Å². The van der Waals surface area contributed by atoms with Crippen LogP contribution in [-0.2, 0) is 4.84 Å². The summed E-state index contributed by atoms with van der Waals surface area (Å²) in [5, 5.41) is 0. The molecule has 0 aromatic carbocycles. The second-order valence-corrected chi connectivity index (χ2v) is 2.51. The van der Waals surface area contributed by atoms with Gasteiger partial charge in [0.2, 0.25) is 0 Å². The molecule has 1 N–H and O–H groups in total. The SMILES string of the molecule is CONC(=O)c1occ(C)c1C. The molecule has 0 bridgehead atoms. The van der Waals surface area contributed by atoms with Crippen molar-refractivity contribution in [2.45, 2.75) is 13.8 Å². The van der Waals surface area contributed by atoms with Gasteiger partial charge in [0.15, 0.2) is 5.76 Å². The van der Waals surface area contributed by atoms with Gasteiger partial charge in [-0.1, -0.05) is 0 Å². The Kier molecular flexibility index (Phi) is 2.50. The Balaban J connectivity index is 2.88. The predicted octanol–water partition coefficient (Wildman–Crippen LogP) is 1.19. The van der Waals surface area contributed by atoms with Gasteiger partial charge in [-0.15, -0.1) is 0 Å². The molecule has 12 heavy (non-hydrogen) atoms. The molecule has 1 aromatic heterocycles. The molecule has 0 saturated carbocycles. The van der Waals surface area contributed by atoms with Crippen LogP contribution in [0.3, 0.4) is 0 Å². The molecule has 0 spiro atoms. The Morgan fingerprint density at radius 2 is 2.25 bits per heavy atom. The van der Waals surface area contributed by atoms with E-state index in [0.29, 0.717) is 5.76 Å². The number of amides is 1. The van der Waals surface area contributed by atoms with Crippen molar-refractivity contribution in [2.24, 2.45) is 0 Å². The topological polar surface area (TPSA) is 51.5 Å². The summed E-state index contributed by atoms with van der Waals surface area (Å²) >= 11 is 0. The fourth-order valence-electron chi connectivity index (χ4n) is 0.866. The highest BCUT2D eigenvalue weighted by atomic mass is 16.6. The number of carbonyl (C=O) groups excluding carboxylic acids is 1. The third-order valence-corrected chi connectivity index (χ3v) is 1.69. The molecule has 1 heterocycles. The Labute approximate surface area is 70.5 Å². The minimum Gasteiger partial charge on any atom is -0.459 e. The number of furan rings is 1. The first-order chi connectivity index (χ1) is 5.66. The summed E-state index contributed by atoms with van der Waals surface area (Å²) < 4.78 is 5.02. The monoisotopic (exact) mass is 169 g/mol. The van der Waals surface area contributed by atoms with E-state index in [2.05, 4.69) is 10.3 Å². The van der Waals surface area contributed by atoms with E-state index in [1.54, 1.807) is 6.26 Å². The summed E-state index contributed by atoms with van der Waals surface area (Å²) in [6.07, 6.45) is 1.54. The maximum Gasteiger partial charge on any atom is 0.310 e. The molecule has 0 aliphatic heterocycles. The fourth-order valence-corrected chi connectivity index (χ4v) is 0.866. The molecule has 0 unspecified atom stereocenters. The van der Waals surface area contributed by atoms with Crippen molar-refractivity contribution in [3.8, 4) is 0 Å². The van der Waals surface area contributed by atoms with E-state index in [0.717, 1.165) is 11.1 Å². The minimum atomic E-state index is -0.358. The predicted molar refractivity (Wildman–Crippen MR) is 42.7 cm³/mol. The van der Waals surface area contributed by atoms with Gasteiger partial charge in [0.1, 0.15) is 0 Å². The largest absolute Gasteiger partial charge is 0.459 e. The zero-order valence-electron chi connectivity index (χ0n) is 7.30. The average molecular weight is 169 g/mol. The van der Waals surface area contributed by atoms with Gasteiger partial charge in [0.05, 0.1) is 13.4 Å². The van der Waals surface area contributed by atoms with E-state index < -0.39 is 0 Å². The molecule has 1 rings (SSSR count). The molecule has 4 heteroatoms. The molecule has 0 aliphatic rings. The van der Waals surface area contributed by atoms with E-state index in [-0.39, 0.29) is 5.91 Å². The molecule has 0 saturated heterocycles. The Morgan fingerprint density at radius 1 is 1.58 bits per heavy atom. The number of nitrogens with one attached hydrogen (secondary N) is 1. The van der Waals surface area contributed by atoms with Crippen molar-refractivity contribution in [3.63, 3.8) is 0 Å². The molecule has 1 amide bonds.